The SMILES string of the molecule is CC(C)(C)Cc1cc(NC(=O)C(C)(C)S(=O)(=O)c2ccc(Cl)cc2F)on1. The van der Waals surface area contributed by atoms with Gasteiger partial charge in [0.1, 0.15) is 15.5 Å². The molecule has 0 aliphatic heterocycles. The van der Waals surface area contributed by atoms with Gasteiger partial charge in [-0.25, -0.2) is 12.8 Å². The van der Waals surface area contributed by atoms with Crippen LogP contribution in [0.1, 0.15) is 40.3 Å². The first kappa shape index (κ1) is 21.4. The van der Waals surface area contributed by atoms with Crippen molar-refractivity contribution in [1.82, 2.24) is 5.16 Å². The molecule has 1 amide bonds. The van der Waals surface area contributed by atoms with Crippen molar-refractivity contribution in [3.63, 3.8) is 0 Å². The van der Waals surface area contributed by atoms with Gasteiger partial charge < -0.3 is 4.52 Å². The zero-order chi connectivity index (χ0) is 20.6. The Morgan fingerprint density at radius 1 is 1.22 bits per heavy atom. The van der Waals surface area contributed by atoms with Crippen LogP contribution in [0.4, 0.5) is 10.3 Å². The van der Waals surface area contributed by atoms with Gasteiger partial charge in [0.05, 0.1) is 5.69 Å². The molecule has 2 aromatic rings. The molecular formula is C18H22ClFN2O4S. The Kier molecular flexibility index (Phi) is 5.73. The Morgan fingerprint density at radius 2 is 1.85 bits per heavy atom. The van der Waals surface area contributed by atoms with Crippen LogP contribution >= 0.6 is 11.6 Å². The number of carbonyl (C=O) groups is 1. The summed E-state index contributed by atoms with van der Waals surface area (Å²) in [6, 6.07) is 4.71. The summed E-state index contributed by atoms with van der Waals surface area (Å²) in [5.74, 6) is -1.86. The van der Waals surface area contributed by atoms with Crippen molar-refractivity contribution in [2.45, 2.75) is 50.7 Å². The molecule has 1 aromatic heterocycles. The van der Waals surface area contributed by atoms with Crippen LogP contribution < -0.4 is 5.32 Å². The third-order valence-electron chi connectivity index (χ3n) is 3.91. The van der Waals surface area contributed by atoms with E-state index in [-0.39, 0.29) is 16.3 Å². The Hall–Kier alpha value is -1.93. The third kappa shape index (κ3) is 4.68. The smallest absolute Gasteiger partial charge is 0.248 e. The zero-order valence-corrected chi connectivity index (χ0v) is 17.3. The highest BCUT2D eigenvalue weighted by molar-refractivity contribution is 7.93. The minimum atomic E-state index is -4.34. The van der Waals surface area contributed by atoms with Gasteiger partial charge in [0.25, 0.3) is 0 Å². The molecule has 0 aliphatic carbocycles. The Balaban J connectivity index is 2.26. The maximum absolute atomic E-state index is 14.1. The van der Waals surface area contributed by atoms with Gasteiger partial charge >= 0.3 is 0 Å². The Morgan fingerprint density at radius 3 is 2.41 bits per heavy atom. The van der Waals surface area contributed by atoms with Crippen LogP contribution in [-0.2, 0) is 21.1 Å². The first-order valence-electron chi connectivity index (χ1n) is 8.21. The second-order valence-corrected chi connectivity index (χ2v) is 10.9. The van der Waals surface area contributed by atoms with Crippen LogP contribution in [0, 0.1) is 11.2 Å². The molecule has 1 N–H and O–H groups in total. The highest BCUT2D eigenvalue weighted by Gasteiger charge is 2.44. The summed E-state index contributed by atoms with van der Waals surface area (Å²) in [6.07, 6.45) is 0.615. The zero-order valence-electron chi connectivity index (χ0n) is 15.8. The van der Waals surface area contributed by atoms with E-state index in [0.717, 1.165) is 12.1 Å². The second-order valence-electron chi connectivity index (χ2n) is 7.96. The van der Waals surface area contributed by atoms with Gasteiger partial charge in [-0.3, -0.25) is 10.1 Å². The average molecular weight is 417 g/mol. The molecule has 0 saturated heterocycles. The van der Waals surface area contributed by atoms with Crippen molar-refractivity contribution in [2.75, 3.05) is 5.32 Å². The van der Waals surface area contributed by atoms with Crippen LogP contribution in [0.15, 0.2) is 33.7 Å². The summed E-state index contributed by atoms with van der Waals surface area (Å²) >= 11 is 5.67. The highest BCUT2D eigenvalue weighted by Crippen LogP contribution is 2.30. The number of nitrogens with zero attached hydrogens (tertiary/aromatic N) is 1. The lowest BCUT2D eigenvalue weighted by Crippen LogP contribution is -2.44. The molecular weight excluding hydrogens is 395 g/mol. The summed E-state index contributed by atoms with van der Waals surface area (Å²) in [5.41, 5.74) is 0.592. The lowest BCUT2D eigenvalue weighted by atomic mass is 9.91. The topological polar surface area (TPSA) is 89.3 Å². The number of benzene rings is 1. The van der Waals surface area contributed by atoms with E-state index in [1.54, 1.807) is 0 Å². The number of rotatable bonds is 5. The molecule has 0 saturated carbocycles. The van der Waals surface area contributed by atoms with E-state index in [9.17, 15) is 17.6 Å². The predicted molar refractivity (Wildman–Crippen MR) is 101 cm³/mol. The van der Waals surface area contributed by atoms with Crippen molar-refractivity contribution in [1.29, 1.82) is 0 Å². The normalized spacial score (nSPS) is 12.9. The molecule has 0 bridgehead atoms. The van der Waals surface area contributed by atoms with Gasteiger partial charge in [-0.1, -0.05) is 37.5 Å². The Labute approximate surface area is 163 Å². The lowest BCUT2D eigenvalue weighted by molar-refractivity contribution is -0.118. The van der Waals surface area contributed by atoms with Crippen LogP contribution in [0.5, 0.6) is 0 Å². The van der Waals surface area contributed by atoms with E-state index >= 15 is 0 Å². The standard InChI is InChI=1S/C18H22ClFN2O4S/c1-17(2,3)10-12-9-15(26-22-12)21-16(23)18(4,5)27(24,25)14-7-6-11(19)8-13(14)20/h6-9H,10H2,1-5H3,(H,21,23). The Bertz CT molecular complexity index is 962. The summed E-state index contributed by atoms with van der Waals surface area (Å²) in [7, 11) is -4.34. The van der Waals surface area contributed by atoms with Gasteiger partial charge in [0.2, 0.25) is 11.8 Å². The van der Waals surface area contributed by atoms with Crippen molar-refractivity contribution in [2.24, 2.45) is 5.41 Å². The summed E-state index contributed by atoms with van der Waals surface area (Å²) < 4.78 is 42.9. The van der Waals surface area contributed by atoms with Crippen LogP contribution in [0.2, 0.25) is 5.02 Å². The summed E-state index contributed by atoms with van der Waals surface area (Å²) in [4.78, 5) is 12.0. The number of nitrogens with one attached hydrogen (secondary N) is 1. The van der Waals surface area contributed by atoms with Crippen molar-refractivity contribution >= 4 is 33.2 Å². The van der Waals surface area contributed by atoms with Crippen LogP contribution in [-0.4, -0.2) is 24.2 Å². The van der Waals surface area contributed by atoms with Crippen molar-refractivity contribution in [3.05, 3.63) is 40.8 Å². The number of sulfone groups is 1. The molecule has 9 heteroatoms. The van der Waals surface area contributed by atoms with Gasteiger partial charge in [-0.2, -0.15) is 0 Å². The molecule has 0 spiro atoms. The molecule has 27 heavy (non-hydrogen) atoms. The number of anilines is 1. The molecule has 1 aromatic carbocycles. The molecule has 0 unspecified atom stereocenters. The van der Waals surface area contributed by atoms with Crippen LogP contribution in [0.25, 0.3) is 0 Å². The lowest BCUT2D eigenvalue weighted by Gasteiger charge is -2.23. The maximum atomic E-state index is 14.1. The minimum Gasteiger partial charge on any atom is -0.338 e. The van der Waals surface area contributed by atoms with E-state index in [2.05, 4.69) is 10.5 Å². The third-order valence-corrected chi connectivity index (χ3v) is 6.58. The molecule has 0 aliphatic rings. The number of halogens is 2. The predicted octanol–water partition coefficient (Wildman–Crippen LogP) is 4.25. The first-order valence-corrected chi connectivity index (χ1v) is 10.1. The molecule has 0 radical (unpaired) electrons. The largest absolute Gasteiger partial charge is 0.338 e. The fraction of sp³-hybridized carbons (Fsp3) is 0.444. The van der Waals surface area contributed by atoms with Gasteiger partial charge in [-0.15, -0.1) is 0 Å². The van der Waals surface area contributed by atoms with Gasteiger partial charge in [-0.05, 0) is 43.9 Å². The molecule has 1 heterocycles. The molecule has 0 atom stereocenters. The maximum Gasteiger partial charge on any atom is 0.248 e. The summed E-state index contributed by atoms with van der Waals surface area (Å²) in [6.45, 7) is 8.46. The molecule has 0 fully saturated rings. The number of aromatic nitrogens is 1. The fourth-order valence-corrected chi connectivity index (χ4v) is 3.92. The number of hydrogen-bond donors (Lipinski definition) is 1. The fourth-order valence-electron chi connectivity index (χ4n) is 2.35. The van der Waals surface area contributed by atoms with Crippen LogP contribution in [0.3, 0.4) is 0 Å². The highest BCUT2D eigenvalue weighted by atomic mass is 35.5. The van der Waals surface area contributed by atoms with E-state index in [1.807, 2.05) is 20.8 Å². The van der Waals surface area contributed by atoms with E-state index < -0.39 is 31.2 Å². The van der Waals surface area contributed by atoms with Crippen molar-refractivity contribution in [3.8, 4) is 0 Å². The monoisotopic (exact) mass is 416 g/mol. The van der Waals surface area contributed by atoms with E-state index in [0.29, 0.717) is 12.1 Å². The number of carbonyl (C=O) groups excluding carboxylic acids is 1. The molecule has 2 rings (SSSR count). The van der Waals surface area contributed by atoms with Gasteiger partial charge in [0.15, 0.2) is 9.84 Å². The first-order chi connectivity index (χ1) is 12.2. The van der Waals surface area contributed by atoms with E-state index in [1.165, 1.54) is 26.0 Å². The quantitative estimate of drug-likeness (QED) is 0.787. The van der Waals surface area contributed by atoms with E-state index in [4.69, 9.17) is 16.1 Å². The number of hydrogen-bond acceptors (Lipinski definition) is 5. The average Bonchev–Trinajstić information content (AvgIpc) is 2.91. The number of amides is 1. The van der Waals surface area contributed by atoms with Gasteiger partial charge in [0, 0.05) is 11.1 Å². The summed E-state index contributed by atoms with van der Waals surface area (Å²) in [5, 5.41) is 6.32. The minimum absolute atomic E-state index is 0.0269. The second kappa shape index (κ2) is 7.24. The van der Waals surface area contributed by atoms with Crippen molar-refractivity contribution < 1.29 is 22.1 Å². The molecule has 148 valence electrons. The molecule has 6 nitrogen and oxygen atoms in total.